The Bertz CT molecular complexity index is 246. The lowest BCUT2D eigenvalue weighted by molar-refractivity contribution is 0.626. The Hall–Kier alpha value is -0.740. The molecule has 0 saturated carbocycles. The van der Waals surface area contributed by atoms with Gasteiger partial charge >= 0.3 is 0 Å². The van der Waals surface area contributed by atoms with Crippen LogP contribution in [0.1, 0.15) is 0 Å². The van der Waals surface area contributed by atoms with Crippen molar-refractivity contribution in [1.29, 1.82) is 0 Å². The van der Waals surface area contributed by atoms with Crippen LogP contribution in [0.5, 0.6) is 0 Å². The van der Waals surface area contributed by atoms with Crippen molar-refractivity contribution >= 4 is 11.0 Å². The normalized spacial score (nSPS) is 13.0. The molecule has 1 rings (SSSR count). The second-order valence-electron chi connectivity index (χ2n) is 1.75. The summed E-state index contributed by atoms with van der Waals surface area (Å²) in [4.78, 5) is 0.432. The van der Waals surface area contributed by atoms with E-state index in [0.29, 0.717) is 4.90 Å². The summed E-state index contributed by atoms with van der Waals surface area (Å²) in [5.74, 6) is -0.353. The molecule has 0 radical (unpaired) electrons. The molecular formula is C6H6FNOS. The summed E-state index contributed by atoms with van der Waals surface area (Å²) in [6.07, 6.45) is 0. The zero-order chi connectivity index (χ0) is 7.56. The number of rotatable bonds is 1. The molecule has 0 aromatic heterocycles. The summed E-state index contributed by atoms with van der Waals surface area (Å²) in [6.45, 7) is 0. The standard InChI is InChI=1S/C6H6FNOS/c7-5-1-3-6(4-2-5)10(8)9/h1-4H,8H2/t10-/m1/s1. The van der Waals surface area contributed by atoms with Crippen LogP contribution in [0.2, 0.25) is 0 Å². The highest BCUT2D eigenvalue weighted by Crippen LogP contribution is 2.03. The Kier molecular flexibility index (Phi) is 2.13. The summed E-state index contributed by atoms with van der Waals surface area (Å²) >= 11 is 0. The predicted molar refractivity (Wildman–Crippen MR) is 37.0 cm³/mol. The van der Waals surface area contributed by atoms with Crippen molar-refractivity contribution in [3.8, 4) is 0 Å². The van der Waals surface area contributed by atoms with Gasteiger partial charge in [-0.3, -0.25) is 0 Å². The lowest BCUT2D eigenvalue weighted by Gasteiger charge is -1.92. The van der Waals surface area contributed by atoms with Crippen molar-refractivity contribution in [2.24, 2.45) is 5.14 Å². The molecule has 54 valence electrons. The van der Waals surface area contributed by atoms with E-state index in [-0.39, 0.29) is 5.82 Å². The summed E-state index contributed by atoms with van der Waals surface area (Å²) in [5.41, 5.74) is 0. The average Bonchev–Trinajstić information content (AvgIpc) is 1.88. The summed E-state index contributed by atoms with van der Waals surface area (Å²) in [5, 5.41) is 5.01. The molecular weight excluding hydrogens is 153 g/mol. The smallest absolute Gasteiger partial charge is 0.123 e. The SMILES string of the molecule is N[S@](=O)c1ccc(F)cc1. The second-order valence-corrected chi connectivity index (χ2v) is 2.82. The van der Waals surface area contributed by atoms with Crippen LogP contribution in [-0.4, -0.2) is 4.21 Å². The highest BCUT2D eigenvalue weighted by Gasteiger charge is 1.95. The zero-order valence-electron chi connectivity index (χ0n) is 5.08. The van der Waals surface area contributed by atoms with E-state index in [2.05, 4.69) is 0 Å². The number of hydrogen-bond acceptors (Lipinski definition) is 1. The summed E-state index contributed by atoms with van der Waals surface area (Å²) in [7, 11) is -1.50. The van der Waals surface area contributed by atoms with Crippen LogP contribution in [-0.2, 0) is 11.0 Å². The molecule has 0 amide bonds. The van der Waals surface area contributed by atoms with Crippen LogP contribution in [0, 0.1) is 5.82 Å². The maximum absolute atomic E-state index is 12.2. The molecule has 4 heteroatoms. The first kappa shape index (κ1) is 7.37. The molecule has 0 aliphatic heterocycles. The monoisotopic (exact) mass is 159 g/mol. The molecule has 0 spiro atoms. The van der Waals surface area contributed by atoms with Crippen molar-refractivity contribution in [1.82, 2.24) is 0 Å². The number of benzene rings is 1. The Labute approximate surface area is 60.4 Å². The lowest BCUT2D eigenvalue weighted by atomic mass is 10.4. The van der Waals surface area contributed by atoms with E-state index in [9.17, 15) is 8.60 Å². The Morgan fingerprint density at radius 2 is 1.80 bits per heavy atom. The largest absolute Gasteiger partial charge is 0.248 e. The third kappa shape index (κ3) is 1.62. The van der Waals surface area contributed by atoms with Crippen LogP contribution in [0.25, 0.3) is 0 Å². The molecule has 0 saturated heterocycles. The first-order valence-electron chi connectivity index (χ1n) is 2.62. The van der Waals surface area contributed by atoms with Gasteiger partial charge < -0.3 is 0 Å². The molecule has 2 nitrogen and oxygen atoms in total. The Morgan fingerprint density at radius 3 is 2.20 bits per heavy atom. The van der Waals surface area contributed by atoms with E-state index >= 15 is 0 Å². The van der Waals surface area contributed by atoms with Gasteiger partial charge in [-0.25, -0.2) is 13.7 Å². The van der Waals surface area contributed by atoms with Crippen LogP contribution < -0.4 is 5.14 Å². The molecule has 1 aromatic rings. The number of hydrogen-bond donors (Lipinski definition) is 1. The fourth-order valence-corrected chi connectivity index (χ4v) is 0.973. The minimum Gasteiger partial charge on any atom is -0.248 e. The van der Waals surface area contributed by atoms with Crippen LogP contribution >= 0.6 is 0 Å². The average molecular weight is 159 g/mol. The predicted octanol–water partition coefficient (Wildman–Crippen LogP) is 0.807. The number of nitrogens with two attached hydrogens (primary N) is 1. The van der Waals surface area contributed by atoms with Gasteiger partial charge in [0.25, 0.3) is 0 Å². The van der Waals surface area contributed by atoms with Gasteiger partial charge in [0.1, 0.15) is 16.8 Å². The van der Waals surface area contributed by atoms with Gasteiger partial charge in [-0.05, 0) is 24.3 Å². The fraction of sp³-hybridized carbons (Fsp3) is 0. The van der Waals surface area contributed by atoms with Crippen molar-refractivity contribution in [2.45, 2.75) is 4.90 Å². The third-order valence-corrected chi connectivity index (χ3v) is 1.78. The first-order valence-corrected chi connectivity index (χ1v) is 3.83. The topological polar surface area (TPSA) is 43.1 Å². The molecule has 0 unspecified atom stereocenters. The minimum absolute atomic E-state index is 0.353. The molecule has 0 aliphatic carbocycles. The number of halogens is 1. The van der Waals surface area contributed by atoms with Crippen molar-refractivity contribution in [3.63, 3.8) is 0 Å². The van der Waals surface area contributed by atoms with Crippen LogP contribution in [0.15, 0.2) is 29.2 Å². The van der Waals surface area contributed by atoms with Gasteiger partial charge in [0.15, 0.2) is 0 Å². The summed E-state index contributed by atoms with van der Waals surface area (Å²) in [6, 6.07) is 5.23. The fourth-order valence-electron chi connectivity index (χ4n) is 0.569. The van der Waals surface area contributed by atoms with Gasteiger partial charge in [-0.1, -0.05) is 0 Å². The van der Waals surface area contributed by atoms with Crippen LogP contribution in [0.4, 0.5) is 4.39 Å². The highest BCUT2D eigenvalue weighted by atomic mass is 32.2. The van der Waals surface area contributed by atoms with Crippen molar-refractivity contribution in [3.05, 3.63) is 30.1 Å². The van der Waals surface area contributed by atoms with Gasteiger partial charge in [-0.15, -0.1) is 0 Å². The van der Waals surface area contributed by atoms with E-state index in [1.165, 1.54) is 24.3 Å². The van der Waals surface area contributed by atoms with E-state index in [0.717, 1.165) is 0 Å². The Balaban J connectivity index is 3.00. The molecule has 1 atom stereocenters. The molecule has 0 heterocycles. The van der Waals surface area contributed by atoms with Gasteiger partial charge in [0.05, 0.1) is 4.90 Å². The second kappa shape index (κ2) is 2.90. The Morgan fingerprint density at radius 1 is 1.30 bits per heavy atom. The van der Waals surface area contributed by atoms with E-state index < -0.39 is 11.0 Å². The quantitative estimate of drug-likeness (QED) is 0.647. The highest BCUT2D eigenvalue weighted by molar-refractivity contribution is 7.82. The first-order chi connectivity index (χ1) is 4.70. The zero-order valence-corrected chi connectivity index (χ0v) is 5.90. The third-order valence-electron chi connectivity index (χ3n) is 1.05. The molecule has 2 N–H and O–H groups in total. The van der Waals surface area contributed by atoms with Gasteiger partial charge in [0.2, 0.25) is 0 Å². The lowest BCUT2D eigenvalue weighted by Crippen LogP contribution is -2.01. The maximum atomic E-state index is 12.2. The van der Waals surface area contributed by atoms with E-state index in [1.807, 2.05) is 0 Å². The maximum Gasteiger partial charge on any atom is 0.123 e. The minimum atomic E-state index is -1.50. The molecule has 1 aromatic carbocycles. The van der Waals surface area contributed by atoms with Gasteiger partial charge in [0, 0.05) is 0 Å². The molecule has 0 fully saturated rings. The van der Waals surface area contributed by atoms with Crippen LogP contribution in [0.3, 0.4) is 0 Å². The van der Waals surface area contributed by atoms with Gasteiger partial charge in [-0.2, -0.15) is 0 Å². The van der Waals surface area contributed by atoms with Crippen molar-refractivity contribution < 1.29 is 8.60 Å². The van der Waals surface area contributed by atoms with Crippen molar-refractivity contribution in [2.75, 3.05) is 0 Å². The molecule has 0 aliphatic rings. The molecule has 0 bridgehead atoms. The summed E-state index contributed by atoms with van der Waals surface area (Å²) < 4.78 is 22.7. The van der Waals surface area contributed by atoms with E-state index in [4.69, 9.17) is 5.14 Å². The molecule has 10 heavy (non-hydrogen) atoms. The van der Waals surface area contributed by atoms with E-state index in [1.54, 1.807) is 0 Å².